The van der Waals surface area contributed by atoms with Crippen LogP contribution in [-0.2, 0) is 5.54 Å². The van der Waals surface area contributed by atoms with Gasteiger partial charge in [-0.3, -0.25) is 4.79 Å². The number of aromatic nitrogens is 2. The van der Waals surface area contributed by atoms with Gasteiger partial charge in [0.1, 0.15) is 5.65 Å². The van der Waals surface area contributed by atoms with E-state index < -0.39 is 5.54 Å². The standard InChI is InChI=1S/C19H19N3O/c1-18-9-7-13(18)14-15(19(18,2)20)22-10-8-11-5-3-4-6-12(11)16(22)21-17(14)23/h3-6,8,10,13H,7,9,20H2,1-2H3. The van der Waals surface area contributed by atoms with Crippen LogP contribution in [0.2, 0.25) is 0 Å². The molecular weight excluding hydrogens is 286 g/mol. The van der Waals surface area contributed by atoms with Gasteiger partial charge in [0.05, 0.1) is 11.2 Å². The van der Waals surface area contributed by atoms with Crippen molar-refractivity contribution in [1.82, 2.24) is 9.38 Å². The molecule has 0 amide bonds. The molecule has 1 fully saturated rings. The van der Waals surface area contributed by atoms with Crippen molar-refractivity contribution >= 4 is 16.4 Å². The summed E-state index contributed by atoms with van der Waals surface area (Å²) in [5, 5.41) is 2.08. The summed E-state index contributed by atoms with van der Waals surface area (Å²) < 4.78 is 2.06. The fraction of sp³-hybridized carbons (Fsp3) is 0.368. The Bertz CT molecular complexity index is 1050. The van der Waals surface area contributed by atoms with Gasteiger partial charge in [0, 0.05) is 17.1 Å². The van der Waals surface area contributed by atoms with Crippen molar-refractivity contribution in [3.8, 4) is 0 Å². The Morgan fingerprint density at radius 3 is 2.78 bits per heavy atom. The van der Waals surface area contributed by atoms with Crippen molar-refractivity contribution in [3.63, 3.8) is 0 Å². The zero-order chi connectivity index (χ0) is 16.0. The highest BCUT2D eigenvalue weighted by Gasteiger charge is 2.62. The van der Waals surface area contributed by atoms with E-state index in [0.717, 1.165) is 34.9 Å². The molecule has 0 aliphatic heterocycles. The molecule has 4 heteroatoms. The number of rotatable bonds is 0. The highest BCUT2D eigenvalue weighted by atomic mass is 16.1. The van der Waals surface area contributed by atoms with Gasteiger partial charge in [0.2, 0.25) is 0 Å². The molecule has 0 spiro atoms. The van der Waals surface area contributed by atoms with Crippen LogP contribution in [0.5, 0.6) is 0 Å². The molecular formula is C19H19N3O. The average Bonchev–Trinajstić information content (AvgIpc) is 2.64. The molecule has 3 aromatic rings. The lowest BCUT2D eigenvalue weighted by Gasteiger charge is -2.50. The van der Waals surface area contributed by atoms with Crippen molar-refractivity contribution in [3.05, 3.63) is 58.1 Å². The van der Waals surface area contributed by atoms with Crippen LogP contribution < -0.4 is 11.3 Å². The first kappa shape index (κ1) is 13.3. The van der Waals surface area contributed by atoms with Gasteiger partial charge >= 0.3 is 0 Å². The minimum absolute atomic E-state index is 0.0386. The summed E-state index contributed by atoms with van der Waals surface area (Å²) in [6, 6.07) is 10.1. The number of pyridine rings is 1. The minimum atomic E-state index is -0.515. The summed E-state index contributed by atoms with van der Waals surface area (Å²) in [5.41, 5.74) is 8.67. The van der Waals surface area contributed by atoms with Crippen LogP contribution in [0.25, 0.3) is 16.4 Å². The lowest BCUT2D eigenvalue weighted by molar-refractivity contribution is 0.0434. The molecule has 1 saturated carbocycles. The van der Waals surface area contributed by atoms with Crippen LogP contribution in [0.4, 0.5) is 0 Å². The van der Waals surface area contributed by atoms with Gasteiger partial charge < -0.3 is 10.1 Å². The predicted octanol–water partition coefficient (Wildman–Crippen LogP) is 2.92. The molecule has 0 saturated heterocycles. The second kappa shape index (κ2) is 3.82. The lowest BCUT2D eigenvalue weighted by Crippen LogP contribution is -2.52. The van der Waals surface area contributed by atoms with E-state index in [2.05, 4.69) is 29.3 Å². The van der Waals surface area contributed by atoms with E-state index in [-0.39, 0.29) is 16.9 Å². The van der Waals surface area contributed by atoms with Crippen LogP contribution in [0.3, 0.4) is 0 Å². The largest absolute Gasteiger partial charge is 0.320 e. The first-order chi connectivity index (χ1) is 10.9. The molecule has 1 aromatic carbocycles. The molecule has 2 aliphatic carbocycles. The quantitative estimate of drug-likeness (QED) is 0.650. The van der Waals surface area contributed by atoms with Crippen LogP contribution in [0, 0.1) is 5.41 Å². The predicted molar refractivity (Wildman–Crippen MR) is 90.6 cm³/mol. The Kier molecular flexibility index (Phi) is 2.20. The third kappa shape index (κ3) is 1.33. The number of benzene rings is 1. The second-order valence-electron chi connectivity index (χ2n) is 7.49. The first-order valence-corrected chi connectivity index (χ1v) is 8.18. The van der Waals surface area contributed by atoms with Crippen molar-refractivity contribution in [1.29, 1.82) is 0 Å². The van der Waals surface area contributed by atoms with Crippen LogP contribution in [0.15, 0.2) is 41.3 Å². The van der Waals surface area contributed by atoms with E-state index in [0.29, 0.717) is 5.65 Å². The Labute approximate surface area is 134 Å². The van der Waals surface area contributed by atoms with Crippen LogP contribution in [-0.4, -0.2) is 9.38 Å². The van der Waals surface area contributed by atoms with E-state index in [9.17, 15) is 4.79 Å². The maximum Gasteiger partial charge on any atom is 0.277 e. The number of fused-ring (bicyclic) bond motifs is 7. The number of nitrogens with zero attached hydrogens (tertiary/aromatic N) is 2. The SMILES string of the molecule is CC1(N)c2c(c(=O)nc3c4ccccc4ccn23)C2CCC21C. The van der Waals surface area contributed by atoms with Gasteiger partial charge in [-0.2, -0.15) is 4.98 Å². The first-order valence-electron chi connectivity index (χ1n) is 8.18. The molecule has 2 aliphatic rings. The number of hydrogen-bond donors (Lipinski definition) is 1. The highest BCUT2D eigenvalue weighted by molar-refractivity contribution is 5.93. The Morgan fingerprint density at radius 2 is 2.04 bits per heavy atom. The number of hydrogen-bond acceptors (Lipinski definition) is 3. The average molecular weight is 305 g/mol. The topological polar surface area (TPSA) is 60.4 Å². The fourth-order valence-electron chi connectivity index (χ4n) is 4.80. The van der Waals surface area contributed by atoms with Crippen molar-refractivity contribution < 1.29 is 0 Å². The molecule has 2 heterocycles. The summed E-state index contributed by atoms with van der Waals surface area (Å²) in [7, 11) is 0. The third-order valence-electron chi connectivity index (χ3n) is 6.52. The van der Waals surface area contributed by atoms with Crippen molar-refractivity contribution in [2.45, 2.75) is 38.1 Å². The molecule has 2 aromatic heterocycles. The molecule has 116 valence electrons. The Morgan fingerprint density at radius 1 is 1.26 bits per heavy atom. The van der Waals surface area contributed by atoms with Gasteiger partial charge in [0.25, 0.3) is 5.56 Å². The van der Waals surface area contributed by atoms with E-state index in [4.69, 9.17) is 5.73 Å². The van der Waals surface area contributed by atoms with Crippen LogP contribution in [0.1, 0.15) is 43.9 Å². The molecule has 5 rings (SSSR count). The highest BCUT2D eigenvalue weighted by Crippen LogP contribution is 2.66. The molecule has 23 heavy (non-hydrogen) atoms. The van der Waals surface area contributed by atoms with Crippen LogP contribution >= 0.6 is 0 Å². The summed E-state index contributed by atoms with van der Waals surface area (Å²) in [4.78, 5) is 17.3. The maximum atomic E-state index is 12.8. The van der Waals surface area contributed by atoms with Gasteiger partial charge in [-0.1, -0.05) is 31.2 Å². The molecule has 3 atom stereocenters. The molecule has 0 bridgehead atoms. The smallest absolute Gasteiger partial charge is 0.277 e. The van der Waals surface area contributed by atoms with E-state index in [1.807, 2.05) is 30.5 Å². The molecule has 0 radical (unpaired) electrons. The summed E-state index contributed by atoms with van der Waals surface area (Å²) in [6.45, 7) is 4.29. The summed E-state index contributed by atoms with van der Waals surface area (Å²) >= 11 is 0. The molecule has 3 unspecified atom stereocenters. The minimum Gasteiger partial charge on any atom is -0.320 e. The summed E-state index contributed by atoms with van der Waals surface area (Å²) in [6.07, 6.45) is 4.11. The monoisotopic (exact) mass is 305 g/mol. The van der Waals surface area contributed by atoms with Gasteiger partial charge in [-0.25, -0.2) is 0 Å². The summed E-state index contributed by atoms with van der Waals surface area (Å²) in [5.74, 6) is 0.246. The fourth-order valence-corrected chi connectivity index (χ4v) is 4.80. The maximum absolute atomic E-state index is 12.8. The van der Waals surface area contributed by atoms with Gasteiger partial charge in [-0.05, 0) is 42.6 Å². The van der Waals surface area contributed by atoms with Crippen molar-refractivity contribution in [2.75, 3.05) is 0 Å². The molecule has 2 N–H and O–H groups in total. The van der Waals surface area contributed by atoms with E-state index in [1.165, 1.54) is 0 Å². The Balaban J connectivity index is 2.01. The Hall–Kier alpha value is -2.20. The lowest BCUT2D eigenvalue weighted by atomic mass is 9.56. The number of nitrogens with two attached hydrogens (primary N) is 1. The zero-order valence-corrected chi connectivity index (χ0v) is 13.3. The van der Waals surface area contributed by atoms with Gasteiger partial charge in [-0.15, -0.1) is 0 Å². The van der Waals surface area contributed by atoms with E-state index in [1.54, 1.807) is 0 Å². The normalized spacial score (nSPS) is 31.9. The third-order valence-corrected chi connectivity index (χ3v) is 6.52. The van der Waals surface area contributed by atoms with Crippen molar-refractivity contribution in [2.24, 2.45) is 11.1 Å². The van der Waals surface area contributed by atoms with E-state index >= 15 is 0 Å². The molecule has 4 nitrogen and oxygen atoms in total. The second-order valence-corrected chi connectivity index (χ2v) is 7.49. The zero-order valence-electron chi connectivity index (χ0n) is 13.3. The van der Waals surface area contributed by atoms with Gasteiger partial charge in [0.15, 0.2) is 0 Å².